The molecule has 2 rings (SSSR count). The van der Waals surface area contributed by atoms with Crippen molar-refractivity contribution in [3.8, 4) is 0 Å². The van der Waals surface area contributed by atoms with Gasteiger partial charge in [0.2, 0.25) is 0 Å². The van der Waals surface area contributed by atoms with Crippen molar-refractivity contribution in [1.82, 2.24) is 14.8 Å². The van der Waals surface area contributed by atoms with Gasteiger partial charge < -0.3 is 4.98 Å². The number of fused-ring (bicyclic) bond motifs is 1. The number of H-pyrrole nitrogens is 1. The van der Waals surface area contributed by atoms with Crippen LogP contribution in [-0.4, -0.2) is 14.8 Å². The molecular formula is C8H8BrN3O. The molecule has 0 aliphatic heterocycles. The predicted molar refractivity (Wildman–Crippen MR) is 53.8 cm³/mol. The minimum absolute atomic E-state index is 0.129. The molecule has 0 spiro atoms. The first-order chi connectivity index (χ1) is 6.09. The Balaban J connectivity index is 3.00. The summed E-state index contributed by atoms with van der Waals surface area (Å²) in [5, 5.41) is 5.16. The molecule has 0 atom stereocenters. The van der Waals surface area contributed by atoms with Crippen LogP contribution in [0.5, 0.6) is 0 Å². The molecule has 0 aliphatic carbocycles. The lowest BCUT2D eigenvalue weighted by Gasteiger charge is -1.93. The van der Waals surface area contributed by atoms with Gasteiger partial charge in [-0.3, -0.25) is 9.48 Å². The SMILES string of the molecule is Cc1nn(C)c2[nH]c(=O)c(Br)cc12. The Labute approximate surface area is 82.7 Å². The number of rotatable bonds is 0. The van der Waals surface area contributed by atoms with E-state index in [2.05, 4.69) is 26.0 Å². The van der Waals surface area contributed by atoms with Gasteiger partial charge in [0.15, 0.2) is 0 Å². The summed E-state index contributed by atoms with van der Waals surface area (Å²) in [6, 6.07) is 1.79. The fourth-order valence-electron chi connectivity index (χ4n) is 1.36. The molecule has 2 aromatic rings. The Morgan fingerprint density at radius 3 is 3.00 bits per heavy atom. The lowest BCUT2D eigenvalue weighted by Crippen LogP contribution is -2.07. The van der Waals surface area contributed by atoms with Crippen molar-refractivity contribution >= 4 is 27.0 Å². The molecular weight excluding hydrogens is 234 g/mol. The molecule has 1 N–H and O–H groups in total. The van der Waals surface area contributed by atoms with Crippen molar-refractivity contribution in [3.05, 3.63) is 26.6 Å². The van der Waals surface area contributed by atoms with Crippen molar-refractivity contribution in [3.63, 3.8) is 0 Å². The van der Waals surface area contributed by atoms with Crippen LogP contribution in [0.3, 0.4) is 0 Å². The van der Waals surface area contributed by atoms with Gasteiger partial charge in [-0.1, -0.05) is 0 Å². The van der Waals surface area contributed by atoms with Crippen molar-refractivity contribution in [2.45, 2.75) is 6.92 Å². The first kappa shape index (κ1) is 8.50. The third-order valence-corrected chi connectivity index (χ3v) is 2.58. The zero-order chi connectivity index (χ0) is 9.59. The predicted octanol–water partition coefficient (Wildman–Crippen LogP) is 1.33. The number of nitrogens with one attached hydrogen (secondary N) is 1. The molecule has 2 aromatic heterocycles. The maximum Gasteiger partial charge on any atom is 0.263 e. The Kier molecular flexibility index (Phi) is 1.76. The second-order valence-corrected chi connectivity index (χ2v) is 3.77. The van der Waals surface area contributed by atoms with E-state index in [-0.39, 0.29) is 5.56 Å². The maximum atomic E-state index is 11.3. The third-order valence-electron chi connectivity index (χ3n) is 1.99. The minimum Gasteiger partial charge on any atom is -0.306 e. The van der Waals surface area contributed by atoms with Gasteiger partial charge in [-0.05, 0) is 28.9 Å². The summed E-state index contributed by atoms with van der Waals surface area (Å²) in [6.45, 7) is 1.91. The summed E-state index contributed by atoms with van der Waals surface area (Å²) in [5.74, 6) is 0. The second-order valence-electron chi connectivity index (χ2n) is 2.92. The highest BCUT2D eigenvalue weighted by Gasteiger charge is 2.07. The lowest BCUT2D eigenvalue weighted by atomic mass is 10.3. The van der Waals surface area contributed by atoms with E-state index in [0.29, 0.717) is 4.47 Å². The van der Waals surface area contributed by atoms with Crippen molar-refractivity contribution < 1.29 is 0 Å². The van der Waals surface area contributed by atoms with E-state index in [0.717, 1.165) is 16.7 Å². The molecule has 0 saturated carbocycles. The summed E-state index contributed by atoms with van der Waals surface area (Å²) in [5.41, 5.74) is 1.54. The van der Waals surface area contributed by atoms with Gasteiger partial charge >= 0.3 is 0 Å². The van der Waals surface area contributed by atoms with Gasteiger partial charge in [0, 0.05) is 12.4 Å². The standard InChI is InChI=1S/C8H8BrN3O/c1-4-5-3-6(9)8(13)10-7(5)12(2)11-4/h3H,1-2H3,(H,10,13). The van der Waals surface area contributed by atoms with Gasteiger partial charge in [-0.15, -0.1) is 0 Å². The smallest absolute Gasteiger partial charge is 0.263 e. The normalized spacial score (nSPS) is 11.0. The van der Waals surface area contributed by atoms with Crippen molar-refractivity contribution in [1.29, 1.82) is 0 Å². The Morgan fingerprint density at radius 1 is 1.62 bits per heavy atom. The number of aromatic amines is 1. The second kappa shape index (κ2) is 2.70. The Morgan fingerprint density at radius 2 is 2.31 bits per heavy atom. The lowest BCUT2D eigenvalue weighted by molar-refractivity contribution is 0.772. The summed E-state index contributed by atoms with van der Waals surface area (Å²) >= 11 is 3.18. The summed E-state index contributed by atoms with van der Waals surface area (Å²) in [4.78, 5) is 14.0. The molecule has 2 heterocycles. The van der Waals surface area contributed by atoms with Crippen LogP contribution >= 0.6 is 15.9 Å². The number of halogens is 1. The van der Waals surface area contributed by atoms with Crippen LogP contribution in [0, 0.1) is 6.92 Å². The van der Waals surface area contributed by atoms with Crippen LogP contribution < -0.4 is 5.56 Å². The minimum atomic E-state index is -0.129. The molecule has 13 heavy (non-hydrogen) atoms. The molecule has 0 aromatic carbocycles. The quantitative estimate of drug-likeness (QED) is 0.757. The van der Waals surface area contributed by atoms with Crippen molar-refractivity contribution in [2.24, 2.45) is 7.05 Å². The zero-order valence-corrected chi connectivity index (χ0v) is 8.84. The first-order valence-corrected chi connectivity index (χ1v) is 4.61. The van der Waals surface area contributed by atoms with Crippen LogP contribution in [0.25, 0.3) is 11.0 Å². The Bertz CT molecular complexity index is 526. The molecule has 5 heteroatoms. The highest BCUT2D eigenvalue weighted by molar-refractivity contribution is 9.10. The van der Waals surface area contributed by atoms with Gasteiger partial charge in [0.25, 0.3) is 5.56 Å². The average Bonchev–Trinajstić information content (AvgIpc) is 2.31. The molecule has 0 amide bonds. The molecule has 0 unspecified atom stereocenters. The number of nitrogens with zero attached hydrogens (tertiary/aromatic N) is 2. The summed E-state index contributed by atoms with van der Waals surface area (Å²) in [6.07, 6.45) is 0. The van der Waals surface area contributed by atoms with E-state index in [1.807, 2.05) is 6.92 Å². The number of pyridine rings is 1. The average molecular weight is 242 g/mol. The number of hydrogen-bond acceptors (Lipinski definition) is 2. The van der Waals surface area contributed by atoms with Crippen LogP contribution in [0.15, 0.2) is 15.3 Å². The molecule has 0 aliphatic rings. The van der Waals surface area contributed by atoms with Gasteiger partial charge in [-0.25, -0.2) is 0 Å². The van der Waals surface area contributed by atoms with E-state index in [1.165, 1.54) is 0 Å². The van der Waals surface area contributed by atoms with Gasteiger partial charge in [-0.2, -0.15) is 5.10 Å². The monoisotopic (exact) mass is 241 g/mol. The third kappa shape index (κ3) is 1.19. The topological polar surface area (TPSA) is 50.7 Å². The van der Waals surface area contributed by atoms with Crippen LogP contribution in [0.4, 0.5) is 0 Å². The van der Waals surface area contributed by atoms with Crippen LogP contribution in [0.2, 0.25) is 0 Å². The van der Waals surface area contributed by atoms with E-state index in [1.54, 1.807) is 17.8 Å². The number of aromatic nitrogens is 3. The molecule has 0 fully saturated rings. The van der Waals surface area contributed by atoms with Crippen LogP contribution in [0.1, 0.15) is 5.69 Å². The summed E-state index contributed by atoms with van der Waals surface area (Å²) in [7, 11) is 1.80. The molecule has 0 saturated heterocycles. The Hall–Kier alpha value is -1.10. The highest BCUT2D eigenvalue weighted by Crippen LogP contribution is 2.16. The van der Waals surface area contributed by atoms with E-state index >= 15 is 0 Å². The van der Waals surface area contributed by atoms with Gasteiger partial charge in [0.1, 0.15) is 5.65 Å². The van der Waals surface area contributed by atoms with Gasteiger partial charge in [0.05, 0.1) is 10.2 Å². The fraction of sp³-hybridized carbons (Fsp3) is 0.250. The fourth-order valence-corrected chi connectivity index (χ4v) is 1.68. The number of hydrogen-bond donors (Lipinski definition) is 1. The van der Waals surface area contributed by atoms with E-state index in [4.69, 9.17) is 0 Å². The van der Waals surface area contributed by atoms with Crippen molar-refractivity contribution in [2.75, 3.05) is 0 Å². The number of aryl methyl sites for hydroxylation is 2. The molecule has 0 radical (unpaired) electrons. The first-order valence-electron chi connectivity index (χ1n) is 3.81. The van der Waals surface area contributed by atoms with E-state index in [9.17, 15) is 4.79 Å². The highest BCUT2D eigenvalue weighted by atomic mass is 79.9. The largest absolute Gasteiger partial charge is 0.306 e. The molecule has 68 valence electrons. The maximum absolute atomic E-state index is 11.3. The van der Waals surface area contributed by atoms with E-state index < -0.39 is 0 Å². The van der Waals surface area contributed by atoms with Crippen LogP contribution in [-0.2, 0) is 7.05 Å². The zero-order valence-electron chi connectivity index (χ0n) is 7.26. The molecule has 0 bridgehead atoms. The summed E-state index contributed by atoms with van der Waals surface area (Å²) < 4.78 is 2.20. The molecule has 4 nitrogen and oxygen atoms in total.